The molecule has 114 valence electrons. The highest BCUT2D eigenvalue weighted by molar-refractivity contribution is 7.09. The minimum Gasteiger partial charge on any atom is -0.258 e. The Bertz CT molecular complexity index is 870. The number of rotatable bonds is 4. The molecule has 0 atom stereocenters. The first-order chi connectivity index (χ1) is 11.1. The van der Waals surface area contributed by atoms with Crippen molar-refractivity contribution in [1.29, 1.82) is 0 Å². The number of aromatic nitrogens is 1. The van der Waals surface area contributed by atoms with Crippen LogP contribution in [0.1, 0.15) is 10.6 Å². The topological polar surface area (TPSA) is 68.4 Å². The third kappa shape index (κ3) is 3.67. The van der Waals surface area contributed by atoms with Crippen molar-refractivity contribution in [2.75, 3.05) is 0 Å². The third-order valence-electron chi connectivity index (χ3n) is 3.23. The molecule has 0 fully saturated rings. The van der Waals surface area contributed by atoms with E-state index in [1.165, 1.54) is 12.1 Å². The Labute approximate surface area is 137 Å². The SMILES string of the molecule is Cc1nc(-c2cccc(N=Cc3ccc([N+](=O)[O-])cc3)c2)cs1. The van der Waals surface area contributed by atoms with Gasteiger partial charge in [-0.3, -0.25) is 15.1 Å². The zero-order valence-corrected chi connectivity index (χ0v) is 13.2. The van der Waals surface area contributed by atoms with Gasteiger partial charge >= 0.3 is 0 Å². The lowest BCUT2D eigenvalue weighted by Gasteiger charge is -1.99. The Balaban J connectivity index is 1.81. The summed E-state index contributed by atoms with van der Waals surface area (Å²) in [6, 6.07) is 14.1. The van der Waals surface area contributed by atoms with Gasteiger partial charge in [-0.05, 0) is 36.8 Å². The summed E-state index contributed by atoms with van der Waals surface area (Å²) >= 11 is 1.61. The van der Waals surface area contributed by atoms with Gasteiger partial charge in [0.25, 0.3) is 5.69 Å². The van der Waals surface area contributed by atoms with Gasteiger partial charge in [-0.25, -0.2) is 4.98 Å². The first-order valence-electron chi connectivity index (χ1n) is 6.93. The van der Waals surface area contributed by atoms with Crippen LogP contribution in [-0.2, 0) is 0 Å². The molecule has 0 aliphatic carbocycles. The van der Waals surface area contributed by atoms with E-state index >= 15 is 0 Å². The van der Waals surface area contributed by atoms with Crippen molar-refractivity contribution in [2.24, 2.45) is 4.99 Å². The predicted octanol–water partition coefficient (Wildman–Crippen LogP) is 4.78. The van der Waals surface area contributed by atoms with E-state index in [4.69, 9.17) is 0 Å². The molecule has 0 spiro atoms. The number of nitro groups is 1. The van der Waals surface area contributed by atoms with Crippen molar-refractivity contribution in [2.45, 2.75) is 6.92 Å². The predicted molar refractivity (Wildman–Crippen MR) is 92.6 cm³/mol. The van der Waals surface area contributed by atoms with Crippen LogP contribution in [0.25, 0.3) is 11.3 Å². The quantitative estimate of drug-likeness (QED) is 0.394. The molecule has 0 bridgehead atoms. The monoisotopic (exact) mass is 323 g/mol. The molecule has 3 rings (SSSR count). The molecule has 3 aromatic rings. The smallest absolute Gasteiger partial charge is 0.258 e. The van der Waals surface area contributed by atoms with Crippen LogP contribution >= 0.6 is 11.3 Å². The van der Waals surface area contributed by atoms with Gasteiger partial charge in [-0.1, -0.05) is 12.1 Å². The summed E-state index contributed by atoms with van der Waals surface area (Å²) in [6.07, 6.45) is 1.69. The van der Waals surface area contributed by atoms with Gasteiger partial charge in [-0.15, -0.1) is 11.3 Å². The first kappa shape index (κ1) is 15.1. The number of benzene rings is 2. The van der Waals surface area contributed by atoms with Crippen molar-refractivity contribution >= 4 is 28.9 Å². The summed E-state index contributed by atoms with van der Waals surface area (Å²) in [5.41, 5.74) is 3.66. The number of hydrogen-bond donors (Lipinski definition) is 0. The lowest BCUT2D eigenvalue weighted by Crippen LogP contribution is -1.88. The minimum atomic E-state index is -0.416. The van der Waals surface area contributed by atoms with Crippen LogP contribution in [0.15, 0.2) is 58.9 Å². The fourth-order valence-corrected chi connectivity index (χ4v) is 2.69. The van der Waals surface area contributed by atoms with Crippen LogP contribution in [-0.4, -0.2) is 16.1 Å². The van der Waals surface area contributed by atoms with Crippen molar-refractivity contribution in [3.63, 3.8) is 0 Å². The lowest BCUT2D eigenvalue weighted by atomic mass is 10.1. The number of hydrogen-bond acceptors (Lipinski definition) is 5. The fourth-order valence-electron chi connectivity index (χ4n) is 2.07. The molecule has 6 heteroatoms. The molecule has 0 aliphatic heterocycles. The van der Waals surface area contributed by atoms with E-state index in [-0.39, 0.29) is 5.69 Å². The van der Waals surface area contributed by atoms with Gasteiger partial charge in [0.05, 0.1) is 21.3 Å². The van der Waals surface area contributed by atoms with Crippen LogP contribution in [0.5, 0.6) is 0 Å². The van der Waals surface area contributed by atoms with Crippen molar-refractivity contribution in [1.82, 2.24) is 4.98 Å². The average Bonchev–Trinajstić information content (AvgIpc) is 3.00. The maximum atomic E-state index is 10.6. The number of non-ortho nitro benzene ring substituents is 1. The zero-order valence-electron chi connectivity index (χ0n) is 12.3. The van der Waals surface area contributed by atoms with E-state index < -0.39 is 4.92 Å². The van der Waals surface area contributed by atoms with Crippen molar-refractivity contribution in [3.8, 4) is 11.3 Å². The molecule has 0 aliphatic rings. The summed E-state index contributed by atoms with van der Waals surface area (Å²) in [5, 5.41) is 13.7. The average molecular weight is 323 g/mol. The Kier molecular flexibility index (Phi) is 4.25. The second-order valence-corrected chi connectivity index (χ2v) is 5.97. The molecule has 0 amide bonds. The Hall–Kier alpha value is -2.86. The van der Waals surface area contributed by atoms with Gasteiger partial charge in [0, 0.05) is 29.3 Å². The van der Waals surface area contributed by atoms with Crippen LogP contribution < -0.4 is 0 Å². The number of nitro benzene ring substituents is 1. The zero-order chi connectivity index (χ0) is 16.2. The Morgan fingerprint density at radius 3 is 2.65 bits per heavy atom. The number of aryl methyl sites for hydroxylation is 1. The highest BCUT2D eigenvalue weighted by Crippen LogP contribution is 2.25. The minimum absolute atomic E-state index is 0.0723. The molecule has 0 saturated carbocycles. The maximum Gasteiger partial charge on any atom is 0.269 e. The van der Waals surface area contributed by atoms with E-state index in [1.54, 1.807) is 29.7 Å². The molecule has 0 saturated heterocycles. The number of aliphatic imine (C=N–C) groups is 1. The third-order valence-corrected chi connectivity index (χ3v) is 4.00. The Morgan fingerprint density at radius 2 is 2.00 bits per heavy atom. The molecule has 1 aromatic heterocycles. The van der Waals surface area contributed by atoms with E-state index in [1.807, 2.05) is 36.6 Å². The summed E-state index contributed by atoms with van der Waals surface area (Å²) in [6.45, 7) is 1.98. The highest BCUT2D eigenvalue weighted by atomic mass is 32.1. The number of thiazole rings is 1. The van der Waals surface area contributed by atoms with Gasteiger partial charge in [0.2, 0.25) is 0 Å². The molecular formula is C17H13N3O2S. The van der Waals surface area contributed by atoms with Crippen molar-refractivity contribution in [3.05, 3.63) is 74.6 Å². The molecule has 5 nitrogen and oxygen atoms in total. The summed E-state index contributed by atoms with van der Waals surface area (Å²) in [4.78, 5) is 19.1. The molecule has 1 heterocycles. The molecular weight excluding hydrogens is 310 g/mol. The molecule has 23 heavy (non-hydrogen) atoms. The molecule has 0 unspecified atom stereocenters. The molecule has 0 radical (unpaired) electrons. The Morgan fingerprint density at radius 1 is 1.22 bits per heavy atom. The van der Waals surface area contributed by atoms with Crippen LogP contribution in [0, 0.1) is 17.0 Å². The van der Waals surface area contributed by atoms with E-state index in [0.717, 1.165) is 27.5 Å². The second-order valence-electron chi connectivity index (χ2n) is 4.91. The van der Waals surface area contributed by atoms with E-state index in [2.05, 4.69) is 9.98 Å². The molecule has 0 N–H and O–H groups in total. The van der Waals surface area contributed by atoms with E-state index in [0.29, 0.717) is 0 Å². The normalized spacial score (nSPS) is 11.0. The largest absolute Gasteiger partial charge is 0.269 e. The van der Waals surface area contributed by atoms with E-state index in [9.17, 15) is 10.1 Å². The number of nitrogens with zero attached hydrogens (tertiary/aromatic N) is 3. The molecule has 2 aromatic carbocycles. The summed E-state index contributed by atoms with van der Waals surface area (Å²) < 4.78 is 0. The van der Waals surface area contributed by atoms with Gasteiger partial charge in [0.1, 0.15) is 0 Å². The van der Waals surface area contributed by atoms with Crippen LogP contribution in [0.3, 0.4) is 0 Å². The first-order valence-corrected chi connectivity index (χ1v) is 7.81. The van der Waals surface area contributed by atoms with Crippen LogP contribution in [0.4, 0.5) is 11.4 Å². The van der Waals surface area contributed by atoms with Gasteiger partial charge in [-0.2, -0.15) is 0 Å². The van der Waals surface area contributed by atoms with Crippen LogP contribution in [0.2, 0.25) is 0 Å². The van der Waals surface area contributed by atoms with Gasteiger partial charge in [0.15, 0.2) is 0 Å². The maximum absolute atomic E-state index is 10.6. The van der Waals surface area contributed by atoms with Crippen molar-refractivity contribution < 1.29 is 4.92 Å². The summed E-state index contributed by atoms with van der Waals surface area (Å²) in [5.74, 6) is 0. The second kappa shape index (κ2) is 6.50. The standard InChI is InChI=1S/C17H13N3O2S/c1-12-19-17(11-23-12)14-3-2-4-15(9-14)18-10-13-5-7-16(8-6-13)20(21)22/h2-11H,1H3. The lowest BCUT2D eigenvalue weighted by molar-refractivity contribution is -0.384. The van der Waals surface area contributed by atoms with Gasteiger partial charge < -0.3 is 0 Å². The fraction of sp³-hybridized carbons (Fsp3) is 0.0588. The summed E-state index contributed by atoms with van der Waals surface area (Å²) in [7, 11) is 0. The highest BCUT2D eigenvalue weighted by Gasteiger charge is 2.04.